The molecule has 0 spiro atoms. The molecule has 0 aliphatic carbocycles. The molecule has 5 heteroatoms. The maximum absolute atomic E-state index is 10.4. The van der Waals surface area contributed by atoms with Crippen molar-refractivity contribution in [3.05, 3.63) is 22.2 Å². The summed E-state index contributed by atoms with van der Waals surface area (Å²) in [5, 5.41) is 5.22. The fourth-order valence-electron chi connectivity index (χ4n) is 0.501. The summed E-state index contributed by atoms with van der Waals surface area (Å²) in [6.45, 7) is 3.21. The van der Waals surface area contributed by atoms with Gasteiger partial charge in [-0.2, -0.15) is 5.16 Å². The Labute approximate surface area is 56.3 Å². The zero-order chi connectivity index (χ0) is 7.40. The van der Waals surface area contributed by atoms with Gasteiger partial charge in [0, 0.05) is 6.72 Å². The van der Waals surface area contributed by atoms with Crippen molar-refractivity contribution in [1.82, 2.24) is 5.16 Å². The predicted molar refractivity (Wildman–Crippen MR) is 33.7 cm³/mol. The average molecular weight is 142 g/mol. The molecule has 10 heavy (non-hydrogen) atoms. The van der Waals surface area contributed by atoms with Crippen molar-refractivity contribution in [2.45, 2.75) is 6.61 Å². The van der Waals surface area contributed by atoms with Crippen LogP contribution in [-0.2, 0) is 11.4 Å². The first kappa shape index (κ1) is 6.60. The van der Waals surface area contributed by atoms with Gasteiger partial charge >= 0.3 is 0 Å². The van der Waals surface area contributed by atoms with Gasteiger partial charge in [-0.1, -0.05) is 0 Å². The van der Waals surface area contributed by atoms with Gasteiger partial charge in [0.2, 0.25) is 0 Å². The molecule has 1 aromatic heterocycles. The highest BCUT2D eigenvalue weighted by atomic mass is 16.6. The molecular formula is C5H6N2O3. The van der Waals surface area contributed by atoms with E-state index in [1.165, 1.54) is 6.07 Å². The molecule has 1 aromatic rings. The number of nitrogens with zero attached hydrogens (tertiary/aromatic N) is 1. The summed E-state index contributed by atoms with van der Waals surface area (Å²) in [7, 11) is 0. The molecule has 0 saturated carbocycles. The molecule has 0 aliphatic rings. The topological polar surface area (TPSA) is 67.6 Å². The Morgan fingerprint density at radius 1 is 1.90 bits per heavy atom. The van der Waals surface area contributed by atoms with E-state index in [1.807, 2.05) is 0 Å². The molecule has 0 radical (unpaired) electrons. The molecule has 0 fully saturated rings. The van der Waals surface area contributed by atoms with Gasteiger partial charge in [-0.3, -0.25) is 4.79 Å². The van der Waals surface area contributed by atoms with Crippen LogP contribution in [0.3, 0.4) is 0 Å². The van der Waals surface area contributed by atoms with Crippen LogP contribution in [-0.4, -0.2) is 11.9 Å². The van der Waals surface area contributed by atoms with Crippen LogP contribution in [0.15, 0.2) is 20.5 Å². The van der Waals surface area contributed by atoms with Crippen molar-refractivity contribution in [1.29, 1.82) is 0 Å². The van der Waals surface area contributed by atoms with Crippen LogP contribution < -0.4 is 5.56 Å². The highest BCUT2D eigenvalue weighted by Crippen LogP contribution is 1.94. The highest BCUT2D eigenvalue weighted by Gasteiger charge is 1.97. The Morgan fingerprint density at radius 2 is 2.70 bits per heavy atom. The second kappa shape index (κ2) is 2.86. The van der Waals surface area contributed by atoms with E-state index < -0.39 is 0 Å². The van der Waals surface area contributed by atoms with Gasteiger partial charge in [0.1, 0.15) is 0 Å². The molecule has 0 saturated heterocycles. The summed E-state index contributed by atoms with van der Waals surface area (Å²) >= 11 is 0. The number of nitrogens with one attached hydrogen (secondary N) is 1. The molecule has 0 aromatic carbocycles. The van der Waals surface area contributed by atoms with Gasteiger partial charge in [0.15, 0.2) is 12.4 Å². The van der Waals surface area contributed by atoms with Gasteiger partial charge in [0.25, 0.3) is 5.56 Å². The first-order valence-corrected chi connectivity index (χ1v) is 2.58. The van der Waals surface area contributed by atoms with Crippen LogP contribution in [0.25, 0.3) is 0 Å². The van der Waals surface area contributed by atoms with Crippen molar-refractivity contribution in [2.75, 3.05) is 0 Å². The minimum Gasteiger partial charge on any atom is -0.388 e. The predicted octanol–water partition coefficient (Wildman–Crippen LogP) is 0.100. The van der Waals surface area contributed by atoms with Crippen LogP contribution in [0, 0.1) is 0 Å². The van der Waals surface area contributed by atoms with Crippen molar-refractivity contribution < 1.29 is 9.36 Å². The Bertz CT molecular complexity index is 262. The van der Waals surface area contributed by atoms with E-state index in [4.69, 9.17) is 0 Å². The lowest BCUT2D eigenvalue weighted by Crippen LogP contribution is -1.93. The lowest BCUT2D eigenvalue weighted by atomic mass is 10.5. The van der Waals surface area contributed by atoms with Gasteiger partial charge in [-0.25, -0.2) is 0 Å². The van der Waals surface area contributed by atoms with Crippen LogP contribution in [0.4, 0.5) is 0 Å². The van der Waals surface area contributed by atoms with Crippen LogP contribution in [0.5, 0.6) is 0 Å². The number of oxime groups is 1. The van der Waals surface area contributed by atoms with Crippen LogP contribution in [0.1, 0.15) is 5.76 Å². The minimum atomic E-state index is -0.289. The Morgan fingerprint density at radius 3 is 3.20 bits per heavy atom. The Balaban J connectivity index is 2.58. The van der Waals surface area contributed by atoms with Gasteiger partial charge < -0.3 is 9.36 Å². The fraction of sp³-hybridized carbons (Fsp3) is 0.200. The minimum absolute atomic E-state index is 0.127. The van der Waals surface area contributed by atoms with E-state index in [9.17, 15) is 4.79 Å². The molecule has 0 atom stereocenters. The van der Waals surface area contributed by atoms with Crippen molar-refractivity contribution >= 4 is 6.72 Å². The maximum Gasteiger partial charge on any atom is 0.280 e. The smallest absolute Gasteiger partial charge is 0.280 e. The second-order valence-electron chi connectivity index (χ2n) is 1.58. The van der Waals surface area contributed by atoms with Gasteiger partial charge in [-0.05, 0) is 0 Å². The van der Waals surface area contributed by atoms with E-state index in [0.717, 1.165) is 0 Å². The first-order valence-electron chi connectivity index (χ1n) is 2.58. The molecule has 5 nitrogen and oxygen atoms in total. The molecule has 54 valence electrons. The van der Waals surface area contributed by atoms with E-state index >= 15 is 0 Å². The zero-order valence-electron chi connectivity index (χ0n) is 5.16. The highest BCUT2D eigenvalue weighted by molar-refractivity contribution is 5.21. The molecule has 0 bridgehead atoms. The molecule has 0 unspecified atom stereocenters. The summed E-state index contributed by atoms with van der Waals surface area (Å²) in [6, 6.07) is 1.28. The van der Waals surface area contributed by atoms with Gasteiger partial charge in [-0.15, -0.1) is 5.16 Å². The second-order valence-corrected chi connectivity index (χ2v) is 1.58. The number of aromatic amines is 1. The third-order valence-electron chi connectivity index (χ3n) is 0.873. The van der Waals surface area contributed by atoms with Crippen LogP contribution in [0.2, 0.25) is 0 Å². The first-order chi connectivity index (χ1) is 4.83. The quantitative estimate of drug-likeness (QED) is 0.480. The number of hydrogen-bond acceptors (Lipinski definition) is 4. The monoisotopic (exact) mass is 142 g/mol. The summed E-state index contributed by atoms with van der Waals surface area (Å²) < 4.78 is 4.62. The third kappa shape index (κ3) is 1.48. The number of aromatic nitrogens is 1. The van der Waals surface area contributed by atoms with Gasteiger partial charge in [0.05, 0.1) is 6.07 Å². The SMILES string of the molecule is C=NOCc1cc(=O)[nH]o1. The standard InChI is InChI=1S/C5H6N2O3/c1-6-9-3-4-2-5(8)7-10-4/h2H,1,3H2,(H,7,8). The normalized spacial score (nSPS) is 9.20. The average Bonchev–Trinajstić information content (AvgIpc) is 2.31. The lowest BCUT2D eigenvalue weighted by Gasteiger charge is -1.89. The van der Waals surface area contributed by atoms with E-state index in [-0.39, 0.29) is 12.2 Å². The lowest BCUT2D eigenvalue weighted by molar-refractivity contribution is 0.111. The fourth-order valence-corrected chi connectivity index (χ4v) is 0.501. The molecule has 1 heterocycles. The molecule has 0 aliphatic heterocycles. The summed E-state index contributed by atoms with van der Waals surface area (Å²) in [6.07, 6.45) is 0. The summed E-state index contributed by atoms with van der Waals surface area (Å²) in [5.41, 5.74) is -0.289. The van der Waals surface area contributed by atoms with Crippen molar-refractivity contribution in [3.63, 3.8) is 0 Å². The number of H-pyrrole nitrogens is 1. The van der Waals surface area contributed by atoms with E-state index in [0.29, 0.717) is 5.76 Å². The third-order valence-corrected chi connectivity index (χ3v) is 0.873. The Hall–Kier alpha value is -1.52. The summed E-state index contributed by atoms with van der Waals surface area (Å²) in [4.78, 5) is 14.9. The summed E-state index contributed by atoms with van der Waals surface area (Å²) in [5.74, 6) is 0.400. The van der Waals surface area contributed by atoms with Crippen molar-refractivity contribution in [3.8, 4) is 0 Å². The number of hydrogen-bond donors (Lipinski definition) is 1. The molecular weight excluding hydrogens is 136 g/mol. The van der Waals surface area contributed by atoms with Crippen LogP contribution >= 0.6 is 0 Å². The number of rotatable bonds is 3. The van der Waals surface area contributed by atoms with E-state index in [2.05, 4.69) is 26.4 Å². The maximum atomic E-state index is 10.4. The Kier molecular flexibility index (Phi) is 1.89. The largest absolute Gasteiger partial charge is 0.388 e. The molecule has 1 rings (SSSR count). The van der Waals surface area contributed by atoms with Crippen molar-refractivity contribution in [2.24, 2.45) is 5.16 Å². The molecule has 1 N–H and O–H groups in total. The zero-order valence-corrected chi connectivity index (χ0v) is 5.16. The van der Waals surface area contributed by atoms with E-state index in [1.54, 1.807) is 0 Å². The molecule has 0 amide bonds.